The molecule has 1 aliphatic rings. The summed E-state index contributed by atoms with van der Waals surface area (Å²) < 4.78 is 6.10. The van der Waals surface area contributed by atoms with Crippen molar-refractivity contribution in [3.05, 3.63) is 22.7 Å². The van der Waals surface area contributed by atoms with Gasteiger partial charge in [0, 0.05) is 18.3 Å². The molecular formula is C14H20BrClN2O2. The highest BCUT2D eigenvalue weighted by Crippen LogP contribution is 2.30. The molecular weight excluding hydrogens is 344 g/mol. The standard InChI is InChI=1S/C14H19BrN2O2.ClH/c1-14(6-3-7-16-9-14)13(18)17-10-4-5-11(15)12(8-10)19-2;/h4-5,8,16H,3,6-7,9H2,1-2H3,(H,17,18);1H. The van der Waals surface area contributed by atoms with Gasteiger partial charge < -0.3 is 15.4 Å². The van der Waals surface area contributed by atoms with Crippen molar-refractivity contribution in [1.29, 1.82) is 0 Å². The van der Waals surface area contributed by atoms with Crippen molar-refractivity contribution in [2.24, 2.45) is 5.41 Å². The number of nitrogens with one attached hydrogen (secondary N) is 2. The molecule has 4 nitrogen and oxygen atoms in total. The fourth-order valence-electron chi connectivity index (χ4n) is 2.27. The van der Waals surface area contributed by atoms with Gasteiger partial charge in [0.25, 0.3) is 0 Å². The van der Waals surface area contributed by atoms with Gasteiger partial charge in [0.1, 0.15) is 5.75 Å². The number of methoxy groups -OCH3 is 1. The van der Waals surface area contributed by atoms with E-state index in [4.69, 9.17) is 4.74 Å². The molecule has 0 radical (unpaired) electrons. The lowest BCUT2D eigenvalue weighted by Crippen LogP contribution is -2.46. The van der Waals surface area contributed by atoms with Crippen molar-refractivity contribution in [1.82, 2.24) is 5.32 Å². The summed E-state index contributed by atoms with van der Waals surface area (Å²) >= 11 is 3.40. The Bertz CT molecular complexity index is 476. The van der Waals surface area contributed by atoms with E-state index < -0.39 is 0 Å². The summed E-state index contributed by atoms with van der Waals surface area (Å²) in [6.45, 7) is 3.73. The third kappa shape index (κ3) is 3.87. The summed E-state index contributed by atoms with van der Waals surface area (Å²) in [6, 6.07) is 5.56. The minimum Gasteiger partial charge on any atom is -0.495 e. The van der Waals surface area contributed by atoms with E-state index in [0.717, 1.165) is 36.1 Å². The van der Waals surface area contributed by atoms with Crippen LogP contribution in [0.5, 0.6) is 5.75 Å². The van der Waals surface area contributed by atoms with Crippen molar-refractivity contribution in [3.8, 4) is 5.75 Å². The molecule has 1 aromatic rings. The topological polar surface area (TPSA) is 50.4 Å². The number of ether oxygens (including phenoxy) is 1. The van der Waals surface area contributed by atoms with E-state index in [1.54, 1.807) is 7.11 Å². The fourth-order valence-corrected chi connectivity index (χ4v) is 2.68. The number of rotatable bonds is 3. The van der Waals surface area contributed by atoms with Gasteiger partial charge in [0.2, 0.25) is 5.91 Å². The fraction of sp³-hybridized carbons (Fsp3) is 0.500. The molecule has 2 rings (SSSR count). The molecule has 1 aliphatic heterocycles. The van der Waals surface area contributed by atoms with E-state index >= 15 is 0 Å². The zero-order valence-corrected chi connectivity index (χ0v) is 14.1. The molecule has 6 heteroatoms. The van der Waals surface area contributed by atoms with Crippen molar-refractivity contribution in [2.75, 3.05) is 25.5 Å². The Morgan fingerprint density at radius 3 is 2.85 bits per heavy atom. The Balaban J connectivity index is 0.00000200. The van der Waals surface area contributed by atoms with Crippen LogP contribution >= 0.6 is 28.3 Å². The van der Waals surface area contributed by atoms with E-state index in [-0.39, 0.29) is 23.7 Å². The first kappa shape index (κ1) is 17.3. The maximum absolute atomic E-state index is 12.4. The lowest BCUT2D eigenvalue weighted by Gasteiger charge is -2.32. The third-order valence-corrected chi connectivity index (χ3v) is 4.21. The van der Waals surface area contributed by atoms with Gasteiger partial charge in [-0.25, -0.2) is 0 Å². The number of anilines is 1. The van der Waals surface area contributed by atoms with Gasteiger partial charge in [-0.3, -0.25) is 4.79 Å². The van der Waals surface area contributed by atoms with Crippen LogP contribution in [0.25, 0.3) is 0 Å². The zero-order chi connectivity index (χ0) is 13.9. The second-order valence-corrected chi connectivity index (χ2v) is 6.00. The number of carbonyl (C=O) groups excluding carboxylic acids is 1. The summed E-state index contributed by atoms with van der Waals surface area (Å²) in [5, 5.41) is 6.25. The van der Waals surface area contributed by atoms with Crippen LogP contribution in [0.15, 0.2) is 22.7 Å². The highest BCUT2D eigenvalue weighted by molar-refractivity contribution is 9.10. The van der Waals surface area contributed by atoms with Gasteiger partial charge in [0.05, 0.1) is 17.0 Å². The highest BCUT2D eigenvalue weighted by atomic mass is 79.9. The smallest absolute Gasteiger partial charge is 0.231 e. The zero-order valence-electron chi connectivity index (χ0n) is 11.7. The summed E-state index contributed by atoms with van der Waals surface area (Å²) in [4.78, 5) is 12.4. The predicted octanol–water partition coefficient (Wildman–Crippen LogP) is 3.21. The van der Waals surface area contributed by atoms with Crippen LogP contribution in [0.1, 0.15) is 19.8 Å². The SMILES string of the molecule is COc1cc(NC(=O)C2(C)CCCNC2)ccc1Br.Cl. The monoisotopic (exact) mass is 362 g/mol. The molecule has 0 bridgehead atoms. The van der Waals surface area contributed by atoms with E-state index in [1.165, 1.54) is 0 Å². The van der Waals surface area contributed by atoms with Gasteiger partial charge in [-0.1, -0.05) is 0 Å². The van der Waals surface area contributed by atoms with E-state index in [9.17, 15) is 4.79 Å². The lowest BCUT2D eigenvalue weighted by molar-refractivity contribution is -0.125. The first-order chi connectivity index (χ1) is 9.05. The van der Waals surface area contributed by atoms with E-state index in [2.05, 4.69) is 26.6 Å². The normalized spacial score (nSPS) is 21.8. The molecule has 1 heterocycles. The molecule has 0 aliphatic carbocycles. The Morgan fingerprint density at radius 2 is 2.25 bits per heavy atom. The number of carbonyl (C=O) groups is 1. The largest absolute Gasteiger partial charge is 0.495 e. The van der Waals surface area contributed by atoms with Crippen LogP contribution in [-0.2, 0) is 4.79 Å². The van der Waals surface area contributed by atoms with Crippen molar-refractivity contribution in [3.63, 3.8) is 0 Å². The summed E-state index contributed by atoms with van der Waals surface area (Å²) in [5.41, 5.74) is 0.426. The van der Waals surface area contributed by atoms with E-state index in [1.807, 2.05) is 25.1 Å². The molecule has 1 fully saturated rings. The van der Waals surface area contributed by atoms with Gasteiger partial charge >= 0.3 is 0 Å². The number of piperidine rings is 1. The molecule has 1 atom stereocenters. The van der Waals surface area contributed by atoms with Crippen LogP contribution < -0.4 is 15.4 Å². The average molecular weight is 364 g/mol. The maximum Gasteiger partial charge on any atom is 0.231 e. The number of hydrogen-bond acceptors (Lipinski definition) is 3. The number of benzene rings is 1. The molecule has 20 heavy (non-hydrogen) atoms. The Labute approximate surface area is 134 Å². The third-order valence-electron chi connectivity index (χ3n) is 3.55. The number of halogens is 2. The van der Waals surface area contributed by atoms with Crippen molar-refractivity contribution < 1.29 is 9.53 Å². The molecule has 2 N–H and O–H groups in total. The lowest BCUT2D eigenvalue weighted by atomic mass is 9.82. The van der Waals surface area contributed by atoms with Crippen LogP contribution in [0, 0.1) is 5.41 Å². The first-order valence-corrected chi connectivity index (χ1v) is 7.20. The molecule has 0 saturated carbocycles. The van der Waals surface area contributed by atoms with Crippen molar-refractivity contribution >= 4 is 39.9 Å². The molecule has 0 spiro atoms. The van der Waals surface area contributed by atoms with Crippen LogP contribution in [-0.4, -0.2) is 26.1 Å². The Hall–Kier alpha value is -0.780. The first-order valence-electron chi connectivity index (χ1n) is 6.41. The summed E-state index contributed by atoms with van der Waals surface area (Å²) in [7, 11) is 1.61. The van der Waals surface area contributed by atoms with Gasteiger partial charge in [-0.15, -0.1) is 12.4 Å². The Kier molecular flexibility index (Phi) is 6.30. The highest BCUT2D eigenvalue weighted by Gasteiger charge is 2.34. The number of hydrogen-bond donors (Lipinski definition) is 2. The maximum atomic E-state index is 12.4. The minimum atomic E-state index is -0.335. The molecule has 112 valence electrons. The second kappa shape index (κ2) is 7.29. The molecule has 1 unspecified atom stereocenters. The molecule has 0 aromatic heterocycles. The predicted molar refractivity (Wildman–Crippen MR) is 86.8 cm³/mol. The van der Waals surface area contributed by atoms with Gasteiger partial charge in [-0.2, -0.15) is 0 Å². The van der Waals surface area contributed by atoms with Crippen LogP contribution in [0.3, 0.4) is 0 Å². The van der Waals surface area contributed by atoms with Crippen LogP contribution in [0.4, 0.5) is 5.69 Å². The molecule has 1 amide bonds. The Morgan fingerprint density at radius 1 is 1.50 bits per heavy atom. The van der Waals surface area contributed by atoms with Crippen molar-refractivity contribution in [2.45, 2.75) is 19.8 Å². The quantitative estimate of drug-likeness (QED) is 0.867. The minimum absolute atomic E-state index is 0. The van der Waals surface area contributed by atoms with Crippen LogP contribution in [0.2, 0.25) is 0 Å². The number of amides is 1. The summed E-state index contributed by atoms with van der Waals surface area (Å²) in [6.07, 6.45) is 1.95. The average Bonchev–Trinajstić information content (AvgIpc) is 2.41. The molecule has 1 aromatic carbocycles. The molecule has 1 saturated heterocycles. The van der Waals surface area contributed by atoms with E-state index in [0.29, 0.717) is 5.75 Å². The van der Waals surface area contributed by atoms with Gasteiger partial charge in [0.15, 0.2) is 0 Å². The van der Waals surface area contributed by atoms with Gasteiger partial charge in [-0.05, 0) is 54.4 Å². The second-order valence-electron chi connectivity index (χ2n) is 5.14. The summed E-state index contributed by atoms with van der Waals surface area (Å²) in [5.74, 6) is 0.772.